The monoisotopic (exact) mass is 293 g/mol. The number of carbonyl (C=O) groups excluding carboxylic acids is 2. The summed E-state index contributed by atoms with van der Waals surface area (Å²) in [5.41, 5.74) is 0.421. The molecule has 1 aromatic heterocycles. The van der Waals surface area contributed by atoms with Crippen LogP contribution in [0.4, 0.5) is 0 Å². The summed E-state index contributed by atoms with van der Waals surface area (Å²) in [6.45, 7) is 2.05. The molecule has 0 aromatic carbocycles. The summed E-state index contributed by atoms with van der Waals surface area (Å²) >= 11 is 0. The highest BCUT2D eigenvalue weighted by molar-refractivity contribution is 5.97. The fourth-order valence-corrected chi connectivity index (χ4v) is 2.47. The van der Waals surface area contributed by atoms with Gasteiger partial charge in [0.2, 0.25) is 5.91 Å². The molecule has 7 heteroatoms. The van der Waals surface area contributed by atoms with Crippen molar-refractivity contribution in [3.63, 3.8) is 0 Å². The SMILES string of the molecule is C[C@@H](NC(=O)c1ccncc1)C(=O)N1CCC[C@H]1C(O)O. The summed E-state index contributed by atoms with van der Waals surface area (Å²) < 4.78 is 0. The summed E-state index contributed by atoms with van der Waals surface area (Å²) in [6, 6.07) is 1.79. The van der Waals surface area contributed by atoms with Crippen LogP contribution in [0.2, 0.25) is 0 Å². The van der Waals surface area contributed by atoms with Gasteiger partial charge >= 0.3 is 0 Å². The van der Waals surface area contributed by atoms with Gasteiger partial charge in [0.25, 0.3) is 5.91 Å². The first-order valence-corrected chi connectivity index (χ1v) is 6.88. The summed E-state index contributed by atoms with van der Waals surface area (Å²) in [5.74, 6) is -0.674. The van der Waals surface area contributed by atoms with Gasteiger partial charge in [-0.1, -0.05) is 0 Å². The molecule has 3 N–H and O–H groups in total. The molecule has 1 aliphatic rings. The minimum atomic E-state index is -1.56. The predicted molar refractivity (Wildman–Crippen MR) is 74.1 cm³/mol. The lowest BCUT2D eigenvalue weighted by atomic mass is 10.2. The average Bonchev–Trinajstić information content (AvgIpc) is 2.96. The van der Waals surface area contributed by atoms with E-state index in [2.05, 4.69) is 10.3 Å². The number of pyridine rings is 1. The van der Waals surface area contributed by atoms with E-state index in [1.807, 2.05) is 0 Å². The Morgan fingerprint density at radius 2 is 2.05 bits per heavy atom. The van der Waals surface area contributed by atoms with Gasteiger partial charge in [-0.25, -0.2) is 0 Å². The van der Waals surface area contributed by atoms with Crippen molar-refractivity contribution in [2.45, 2.75) is 38.1 Å². The third-order valence-corrected chi connectivity index (χ3v) is 3.59. The molecule has 1 aromatic rings. The highest BCUT2D eigenvalue weighted by atomic mass is 16.5. The first-order chi connectivity index (χ1) is 10.0. The van der Waals surface area contributed by atoms with Crippen molar-refractivity contribution < 1.29 is 19.8 Å². The van der Waals surface area contributed by atoms with Crippen LogP contribution >= 0.6 is 0 Å². The first-order valence-electron chi connectivity index (χ1n) is 6.88. The molecule has 0 radical (unpaired) electrons. The number of carbonyl (C=O) groups is 2. The second-order valence-electron chi connectivity index (χ2n) is 5.09. The van der Waals surface area contributed by atoms with Crippen LogP contribution in [0.15, 0.2) is 24.5 Å². The summed E-state index contributed by atoms with van der Waals surface area (Å²) in [4.78, 5) is 29.5. The van der Waals surface area contributed by atoms with Crippen LogP contribution in [0.25, 0.3) is 0 Å². The molecule has 114 valence electrons. The molecule has 2 amide bonds. The number of aromatic nitrogens is 1. The van der Waals surface area contributed by atoms with Gasteiger partial charge in [-0.2, -0.15) is 0 Å². The molecule has 7 nitrogen and oxygen atoms in total. The molecule has 2 atom stereocenters. The number of nitrogens with zero attached hydrogens (tertiary/aromatic N) is 2. The fourth-order valence-electron chi connectivity index (χ4n) is 2.47. The van der Waals surface area contributed by atoms with Crippen molar-refractivity contribution in [3.8, 4) is 0 Å². The van der Waals surface area contributed by atoms with Gasteiger partial charge in [0, 0.05) is 24.5 Å². The molecule has 2 rings (SSSR count). The van der Waals surface area contributed by atoms with Crippen LogP contribution in [0.3, 0.4) is 0 Å². The minimum Gasteiger partial charge on any atom is -0.366 e. The van der Waals surface area contributed by atoms with Crippen molar-refractivity contribution >= 4 is 11.8 Å². The van der Waals surface area contributed by atoms with Gasteiger partial charge < -0.3 is 20.4 Å². The van der Waals surface area contributed by atoms with Gasteiger partial charge in [-0.3, -0.25) is 14.6 Å². The Morgan fingerprint density at radius 1 is 1.38 bits per heavy atom. The van der Waals surface area contributed by atoms with E-state index < -0.39 is 18.4 Å². The van der Waals surface area contributed by atoms with Gasteiger partial charge in [-0.05, 0) is 31.9 Å². The molecular weight excluding hydrogens is 274 g/mol. The number of amides is 2. The highest BCUT2D eigenvalue weighted by Crippen LogP contribution is 2.20. The number of hydrogen-bond donors (Lipinski definition) is 3. The summed E-state index contributed by atoms with van der Waals surface area (Å²) in [6.07, 6.45) is 2.72. The van der Waals surface area contributed by atoms with E-state index in [0.29, 0.717) is 18.5 Å². The molecule has 1 saturated heterocycles. The maximum absolute atomic E-state index is 12.3. The molecule has 0 spiro atoms. The summed E-state index contributed by atoms with van der Waals surface area (Å²) in [7, 11) is 0. The van der Waals surface area contributed by atoms with Crippen molar-refractivity contribution in [2.75, 3.05) is 6.54 Å². The Balaban J connectivity index is 1.98. The molecule has 0 aliphatic carbocycles. The topological polar surface area (TPSA) is 103 Å². The van der Waals surface area contributed by atoms with Crippen LogP contribution in [-0.2, 0) is 4.79 Å². The second-order valence-corrected chi connectivity index (χ2v) is 5.09. The molecule has 0 saturated carbocycles. The lowest BCUT2D eigenvalue weighted by Gasteiger charge is -2.28. The first kappa shape index (κ1) is 15.4. The average molecular weight is 293 g/mol. The lowest BCUT2D eigenvalue weighted by molar-refractivity contribution is -0.144. The van der Waals surface area contributed by atoms with Crippen LogP contribution in [0.1, 0.15) is 30.1 Å². The highest BCUT2D eigenvalue weighted by Gasteiger charge is 2.35. The second kappa shape index (κ2) is 6.64. The molecule has 21 heavy (non-hydrogen) atoms. The van der Waals surface area contributed by atoms with Gasteiger partial charge in [-0.15, -0.1) is 0 Å². The minimum absolute atomic E-state index is 0.312. The standard InChI is InChI=1S/C14H19N3O4/c1-9(16-12(18)10-4-6-15-7-5-10)13(19)17-8-2-3-11(17)14(20)21/h4-7,9,11,14,20-21H,2-3,8H2,1H3,(H,16,18)/t9-,11+/m1/s1. The smallest absolute Gasteiger partial charge is 0.252 e. The van der Waals surface area contributed by atoms with E-state index in [1.165, 1.54) is 17.3 Å². The molecular formula is C14H19N3O4. The van der Waals surface area contributed by atoms with E-state index in [0.717, 1.165) is 6.42 Å². The molecule has 0 bridgehead atoms. The molecule has 2 heterocycles. The Bertz CT molecular complexity index is 506. The maximum Gasteiger partial charge on any atom is 0.252 e. The largest absolute Gasteiger partial charge is 0.366 e. The number of aliphatic hydroxyl groups excluding tert-OH is 1. The van der Waals surface area contributed by atoms with E-state index in [1.54, 1.807) is 19.1 Å². The zero-order chi connectivity index (χ0) is 15.4. The van der Waals surface area contributed by atoms with Crippen molar-refractivity contribution in [3.05, 3.63) is 30.1 Å². The number of hydrogen-bond acceptors (Lipinski definition) is 5. The van der Waals surface area contributed by atoms with Crippen molar-refractivity contribution in [2.24, 2.45) is 0 Å². The number of aliphatic hydroxyl groups is 2. The van der Waals surface area contributed by atoms with Gasteiger partial charge in [0.1, 0.15) is 6.04 Å². The number of nitrogens with one attached hydrogen (secondary N) is 1. The van der Waals surface area contributed by atoms with E-state index in [-0.39, 0.29) is 11.8 Å². The van der Waals surface area contributed by atoms with Crippen LogP contribution in [-0.4, -0.2) is 56.8 Å². The zero-order valence-electron chi connectivity index (χ0n) is 11.8. The van der Waals surface area contributed by atoms with E-state index in [9.17, 15) is 19.8 Å². The lowest BCUT2D eigenvalue weighted by Crippen LogP contribution is -2.51. The third-order valence-electron chi connectivity index (χ3n) is 3.59. The molecule has 0 unspecified atom stereocenters. The number of rotatable bonds is 4. The van der Waals surface area contributed by atoms with Crippen molar-refractivity contribution in [1.82, 2.24) is 15.2 Å². The summed E-state index contributed by atoms with van der Waals surface area (Å²) in [5, 5.41) is 21.2. The van der Waals surface area contributed by atoms with Crippen molar-refractivity contribution in [1.29, 1.82) is 0 Å². The molecule has 1 aliphatic heterocycles. The Labute approximate surface area is 122 Å². The predicted octanol–water partition coefficient (Wildman–Crippen LogP) is -0.498. The normalized spacial score (nSPS) is 19.6. The Kier molecular flexibility index (Phi) is 4.87. The Morgan fingerprint density at radius 3 is 2.67 bits per heavy atom. The van der Waals surface area contributed by atoms with Crippen LogP contribution < -0.4 is 5.32 Å². The van der Waals surface area contributed by atoms with Crippen LogP contribution in [0.5, 0.6) is 0 Å². The van der Waals surface area contributed by atoms with Gasteiger partial charge in [0.05, 0.1) is 6.04 Å². The van der Waals surface area contributed by atoms with E-state index >= 15 is 0 Å². The quantitative estimate of drug-likeness (QED) is 0.650. The maximum atomic E-state index is 12.3. The fraction of sp³-hybridized carbons (Fsp3) is 0.500. The van der Waals surface area contributed by atoms with Crippen LogP contribution in [0, 0.1) is 0 Å². The number of likely N-dealkylation sites (tertiary alicyclic amines) is 1. The third kappa shape index (κ3) is 3.56. The molecule has 1 fully saturated rings. The van der Waals surface area contributed by atoms with E-state index in [4.69, 9.17) is 0 Å². The van der Waals surface area contributed by atoms with Gasteiger partial charge in [0.15, 0.2) is 6.29 Å². The zero-order valence-corrected chi connectivity index (χ0v) is 11.8. The Hall–Kier alpha value is -1.99.